The summed E-state index contributed by atoms with van der Waals surface area (Å²) >= 11 is 0. The van der Waals surface area contributed by atoms with E-state index in [4.69, 9.17) is 37.9 Å². The lowest BCUT2D eigenvalue weighted by Gasteiger charge is -2.49. The van der Waals surface area contributed by atoms with Crippen LogP contribution in [-0.4, -0.2) is 149 Å². The Morgan fingerprint density at radius 1 is 0.944 bits per heavy atom. The average Bonchev–Trinajstić information content (AvgIpc) is 3.41. The van der Waals surface area contributed by atoms with E-state index in [1.807, 2.05) is 25.9 Å². The van der Waals surface area contributed by atoms with Crippen molar-refractivity contribution in [3.8, 4) is 0 Å². The Bertz CT molecular complexity index is 1330. The summed E-state index contributed by atoms with van der Waals surface area (Å²) in [7, 11) is 5.21. The number of methoxy groups -OCH3 is 1. The highest BCUT2D eigenvalue weighted by molar-refractivity contribution is 5.89. The molecule has 0 amide bonds. The maximum atomic E-state index is 14.4. The van der Waals surface area contributed by atoms with Crippen LogP contribution in [0, 0.1) is 23.7 Å². The normalized spacial score (nSPS) is 49.1. The van der Waals surface area contributed by atoms with Crippen LogP contribution < -0.4 is 0 Å². The zero-order valence-corrected chi connectivity index (χ0v) is 34.3. The first-order valence-corrected chi connectivity index (χ1v) is 19.3. The molecule has 4 heterocycles. The topological polar surface area (TPSA) is 204 Å². The van der Waals surface area contributed by atoms with Crippen LogP contribution in [0.3, 0.4) is 0 Å². The number of hydrogen-bond acceptors (Lipinski definition) is 16. The monoisotopic (exact) mass is 774 g/mol. The molecule has 312 valence electrons. The molecule has 4 aliphatic rings. The molecule has 4 saturated heterocycles. The molecule has 0 bridgehead atoms. The standard InChI is InChI=1S/C38H66N2O14/c1-14-25-38(10)32(53-35(44)54-38)20(4)27(39-46)18(2)16-36(8,45)31(52-34-28(41)24(40(11)12)15-19(3)48-34)21(5)29(22(6)33(43)50-25)51-26-17-37(9,47-13)30(42)23(7)49-26/h18-26,28-32,34,41-42,45-46H,14-17H2,1-13H3/b39-27-. The Hall–Kier alpha value is -2.15. The number of nitrogens with zero attached hydrogens (tertiary/aromatic N) is 2. The number of hydrogen-bond donors (Lipinski definition) is 4. The fourth-order valence-corrected chi connectivity index (χ4v) is 9.23. The molecule has 4 N–H and O–H groups in total. The number of likely N-dealkylation sites (N-methyl/N-ethyl adjacent to an activating group) is 1. The van der Waals surface area contributed by atoms with Crippen molar-refractivity contribution in [3.05, 3.63) is 0 Å². The Morgan fingerprint density at radius 3 is 2.17 bits per heavy atom. The number of esters is 1. The van der Waals surface area contributed by atoms with Crippen molar-refractivity contribution in [2.75, 3.05) is 21.2 Å². The summed E-state index contributed by atoms with van der Waals surface area (Å²) in [4.78, 5) is 29.0. The summed E-state index contributed by atoms with van der Waals surface area (Å²) in [5.74, 6) is -3.91. The Kier molecular flexibility index (Phi) is 14.1. The van der Waals surface area contributed by atoms with Gasteiger partial charge in [-0.1, -0.05) is 32.9 Å². The summed E-state index contributed by atoms with van der Waals surface area (Å²) in [5, 5.41) is 49.2. The zero-order valence-electron chi connectivity index (χ0n) is 34.3. The number of carbonyl (C=O) groups is 2. The van der Waals surface area contributed by atoms with Crippen LogP contribution in [0.2, 0.25) is 0 Å². The highest BCUT2D eigenvalue weighted by Crippen LogP contribution is 2.43. The molecule has 0 aromatic carbocycles. The molecule has 0 saturated carbocycles. The first kappa shape index (κ1) is 44.6. The molecule has 4 rings (SSSR count). The van der Waals surface area contributed by atoms with Crippen molar-refractivity contribution in [2.24, 2.45) is 28.8 Å². The molecule has 18 unspecified atom stereocenters. The number of oxime groups is 1. The van der Waals surface area contributed by atoms with E-state index in [1.54, 1.807) is 62.3 Å². The molecule has 0 aromatic heterocycles. The minimum atomic E-state index is -1.75. The van der Waals surface area contributed by atoms with Crippen LogP contribution in [0.4, 0.5) is 4.79 Å². The van der Waals surface area contributed by atoms with Crippen LogP contribution in [0.15, 0.2) is 5.16 Å². The summed E-state index contributed by atoms with van der Waals surface area (Å²) in [6.07, 6.45) is -9.59. The summed E-state index contributed by atoms with van der Waals surface area (Å²) in [6.45, 7) is 17.2. The van der Waals surface area contributed by atoms with Crippen molar-refractivity contribution in [1.82, 2.24) is 4.90 Å². The zero-order chi connectivity index (χ0) is 40.7. The number of fused-ring (bicyclic) bond motifs is 1. The lowest BCUT2D eigenvalue weighted by Crippen LogP contribution is -2.61. The highest BCUT2D eigenvalue weighted by atomic mass is 16.8. The van der Waals surface area contributed by atoms with Crippen LogP contribution in [0.25, 0.3) is 0 Å². The van der Waals surface area contributed by atoms with Crippen molar-refractivity contribution in [3.63, 3.8) is 0 Å². The van der Waals surface area contributed by atoms with Crippen molar-refractivity contribution in [2.45, 2.75) is 179 Å². The van der Waals surface area contributed by atoms with E-state index in [1.165, 1.54) is 7.11 Å². The van der Waals surface area contributed by atoms with E-state index >= 15 is 0 Å². The number of rotatable bonds is 7. The van der Waals surface area contributed by atoms with Gasteiger partial charge in [0, 0.05) is 37.3 Å². The maximum absolute atomic E-state index is 14.4. The summed E-state index contributed by atoms with van der Waals surface area (Å²) < 4.78 is 49.1. The van der Waals surface area contributed by atoms with E-state index in [-0.39, 0.29) is 37.1 Å². The van der Waals surface area contributed by atoms with Gasteiger partial charge in [-0.05, 0) is 74.9 Å². The van der Waals surface area contributed by atoms with Crippen LogP contribution >= 0.6 is 0 Å². The second kappa shape index (κ2) is 17.1. The molecule has 0 aromatic rings. The third kappa shape index (κ3) is 8.86. The number of carbonyl (C=O) groups excluding carboxylic acids is 2. The van der Waals surface area contributed by atoms with E-state index in [2.05, 4.69) is 5.16 Å². The van der Waals surface area contributed by atoms with E-state index in [9.17, 15) is 30.1 Å². The smallest absolute Gasteiger partial charge is 0.458 e. The summed E-state index contributed by atoms with van der Waals surface area (Å²) in [5.41, 5.74) is -4.06. The van der Waals surface area contributed by atoms with E-state index in [0.29, 0.717) is 6.42 Å². The third-order valence-electron chi connectivity index (χ3n) is 12.4. The van der Waals surface area contributed by atoms with Crippen molar-refractivity contribution < 1.29 is 68.0 Å². The molecule has 16 heteroatoms. The molecule has 16 nitrogen and oxygen atoms in total. The summed E-state index contributed by atoms with van der Waals surface area (Å²) in [6, 6.07) is -0.321. The molecule has 0 radical (unpaired) electrons. The van der Waals surface area contributed by atoms with Crippen LogP contribution in [0.1, 0.15) is 94.9 Å². The number of aliphatic hydroxyl groups is 3. The van der Waals surface area contributed by atoms with Gasteiger partial charge in [0.2, 0.25) is 0 Å². The minimum Gasteiger partial charge on any atom is -0.458 e. The predicted octanol–water partition coefficient (Wildman–Crippen LogP) is 3.23. The first-order valence-electron chi connectivity index (χ1n) is 19.3. The number of ether oxygens (including phenoxy) is 8. The van der Waals surface area contributed by atoms with E-state index in [0.717, 1.165) is 0 Å². The van der Waals surface area contributed by atoms with Gasteiger partial charge in [0.15, 0.2) is 24.3 Å². The fourth-order valence-electron chi connectivity index (χ4n) is 9.23. The lowest BCUT2D eigenvalue weighted by atomic mass is 9.73. The molecular weight excluding hydrogens is 708 g/mol. The number of aliphatic hydroxyl groups excluding tert-OH is 2. The van der Waals surface area contributed by atoms with Crippen LogP contribution in [0.5, 0.6) is 0 Å². The van der Waals surface area contributed by atoms with Crippen molar-refractivity contribution >= 4 is 17.8 Å². The van der Waals surface area contributed by atoms with Gasteiger partial charge in [-0.3, -0.25) is 4.79 Å². The predicted molar refractivity (Wildman–Crippen MR) is 194 cm³/mol. The molecule has 54 heavy (non-hydrogen) atoms. The second-order valence-electron chi connectivity index (χ2n) is 17.0. The minimum absolute atomic E-state index is 0.0346. The molecule has 0 aliphatic carbocycles. The quantitative estimate of drug-likeness (QED) is 0.167. The van der Waals surface area contributed by atoms with Gasteiger partial charge in [-0.2, -0.15) is 0 Å². The maximum Gasteiger partial charge on any atom is 0.509 e. The fraction of sp³-hybridized carbons (Fsp3) is 0.921. The van der Waals surface area contributed by atoms with Gasteiger partial charge in [0.05, 0.1) is 47.2 Å². The van der Waals surface area contributed by atoms with E-state index < -0.39 is 108 Å². The number of cyclic esters (lactones) is 1. The van der Waals surface area contributed by atoms with Gasteiger partial charge < -0.3 is 63.3 Å². The highest BCUT2D eigenvalue weighted by Gasteiger charge is 2.59. The van der Waals surface area contributed by atoms with Crippen LogP contribution in [-0.2, 0) is 42.7 Å². The van der Waals surface area contributed by atoms with Gasteiger partial charge >= 0.3 is 12.1 Å². The van der Waals surface area contributed by atoms with Gasteiger partial charge in [0.1, 0.15) is 18.3 Å². The SMILES string of the molecule is CCC1OC(=O)C(C)C(OC2CC(C)(OC)C(O)C(C)O2)C(C)C(OC2OC(C)CC(N(C)C)C2O)C(C)(O)CC(C)/C(=N/O)C(C)C2OC(=O)OC12C. The largest absolute Gasteiger partial charge is 0.509 e. The second-order valence-corrected chi connectivity index (χ2v) is 17.0. The molecule has 4 fully saturated rings. The average molecular weight is 775 g/mol. The van der Waals surface area contributed by atoms with Crippen molar-refractivity contribution in [1.29, 1.82) is 0 Å². The first-order chi connectivity index (χ1) is 25.0. The van der Waals surface area contributed by atoms with Gasteiger partial charge in [-0.15, -0.1) is 0 Å². The van der Waals surface area contributed by atoms with Gasteiger partial charge in [-0.25, -0.2) is 4.79 Å². The molecule has 18 atom stereocenters. The van der Waals surface area contributed by atoms with Gasteiger partial charge in [0.25, 0.3) is 0 Å². The molecule has 0 spiro atoms. The molecule has 4 aliphatic heterocycles. The third-order valence-corrected chi connectivity index (χ3v) is 12.4. The Balaban J connectivity index is 1.86. The lowest BCUT2D eigenvalue weighted by molar-refractivity contribution is -0.317. The molecular formula is C38H66N2O14. The Morgan fingerprint density at radius 2 is 1.59 bits per heavy atom. The Labute approximate surface area is 319 Å².